The lowest BCUT2D eigenvalue weighted by molar-refractivity contribution is 0.405. The van der Waals surface area contributed by atoms with Crippen LogP contribution in [0.1, 0.15) is 26.0 Å². The van der Waals surface area contributed by atoms with Crippen LogP contribution < -0.4 is 10.6 Å². The first-order chi connectivity index (χ1) is 8.47. The fourth-order valence-electron chi connectivity index (χ4n) is 1.59. The quantitative estimate of drug-likeness (QED) is 0.726. The molecule has 0 amide bonds. The summed E-state index contributed by atoms with van der Waals surface area (Å²) in [6, 6.07) is 2.31. The summed E-state index contributed by atoms with van der Waals surface area (Å²) in [4.78, 5) is 11.0. The molecule has 0 saturated carbocycles. The van der Waals surface area contributed by atoms with Gasteiger partial charge in [-0.05, 0) is 47.8 Å². The molecule has 5 nitrogen and oxygen atoms in total. The summed E-state index contributed by atoms with van der Waals surface area (Å²) in [5.41, 5.74) is 0.975. The topological polar surface area (TPSA) is 53.1 Å². The number of aryl methyl sites for hydroxylation is 1. The first kappa shape index (κ1) is 14.7. The van der Waals surface area contributed by atoms with Crippen LogP contribution in [0.3, 0.4) is 0 Å². The Morgan fingerprint density at radius 2 is 2.00 bits per heavy atom. The number of nitrogens with zero attached hydrogens (tertiary/aromatic N) is 3. The van der Waals surface area contributed by atoms with E-state index in [-0.39, 0.29) is 0 Å². The van der Waals surface area contributed by atoms with Crippen molar-refractivity contribution in [2.45, 2.75) is 33.2 Å². The summed E-state index contributed by atoms with van der Waals surface area (Å²) >= 11 is 0. The highest BCUT2D eigenvalue weighted by Gasteiger charge is 2.03. The van der Waals surface area contributed by atoms with E-state index in [9.17, 15) is 0 Å². The van der Waals surface area contributed by atoms with Crippen LogP contribution in [0.4, 0.5) is 11.8 Å². The standard InChI is InChI=1S/C13H25N5/c1-10(2)15-13-16-11(3)9-12(17-13)14-7-6-8-18(4)5/h9-10H,6-8H2,1-5H3,(H2,14,15,16,17). The monoisotopic (exact) mass is 251 g/mol. The third-order valence-electron chi connectivity index (χ3n) is 2.36. The molecule has 2 N–H and O–H groups in total. The van der Waals surface area contributed by atoms with Crippen molar-refractivity contribution in [3.8, 4) is 0 Å². The van der Waals surface area contributed by atoms with E-state index in [1.165, 1.54) is 0 Å². The van der Waals surface area contributed by atoms with E-state index in [0.29, 0.717) is 12.0 Å². The van der Waals surface area contributed by atoms with Crippen LogP contribution in [-0.2, 0) is 0 Å². The summed E-state index contributed by atoms with van der Waals surface area (Å²) in [5, 5.41) is 6.56. The fourth-order valence-corrected chi connectivity index (χ4v) is 1.59. The number of hydrogen-bond donors (Lipinski definition) is 2. The number of anilines is 2. The maximum atomic E-state index is 4.44. The normalized spacial score (nSPS) is 11.1. The molecular weight excluding hydrogens is 226 g/mol. The van der Waals surface area contributed by atoms with Crippen molar-refractivity contribution in [1.82, 2.24) is 14.9 Å². The molecule has 0 fully saturated rings. The molecule has 0 unspecified atom stereocenters. The number of nitrogens with one attached hydrogen (secondary N) is 2. The van der Waals surface area contributed by atoms with Crippen molar-refractivity contribution in [2.24, 2.45) is 0 Å². The number of rotatable bonds is 7. The minimum absolute atomic E-state index is 0.341. The Labute approximate surface area is 110 Å². The average Bonchev–Trinajstić information content (AvgIpc) is 2.22. The van der Waals surface area contributed by atoms with Gasteiger partial charge >= 0.3 is 0 Å². The highest BCUT2D eigenvalue weighted by Crippen LogP contribution is 2.10. The van der Waals surface area contributed by atoms with E-state index < -0.39 is 0 Å². The van der Waals surface area contributed by atoms with Crippen molar-refractivity contribution in [3.05, 3.63) is 11.8 Å². The van der Waals surface area contributed by atoms with Crippen LogP contribution >= 0.6 is 0 Å². The molecular formula is C13H25N5. The second kappa shape index (κ2) is 7.16. The van der Waals surface area contributed by atoms with Crippen molar-refractivity contribution in [1.29, 1.82) is 0 Å². The van der Waals surface area contributed by atoms with E-state index in [2.05, 4.69) is 53.4 Å². The first-order valence-corrected chi connectivity index (χ1v) is 6.48. The van der Waals surface area contributed by atoms with Crippen molar-refractivity contribution in [2.75, 3.05) is 37.8 Å². The van der Waals surface area contributed by atoms with E-state index >= 15 is 0 Å². The van der Waals surface area contributed by atoms with E-state index in [0.717, 1.165) is 31.0 Å². The van der Waals surface area contributed by atoms with Gasteiger partial charge in [0.15, 0.2) is 0 Å². The second-order valence-electron chi connectivity index (χ2n) is 5.10. The molecule has 0 aliphatic rings. The van der Waals surface area contributed by atoms with Crippen molar-refractivity contribution < 1.29 is 0 Å². The maximum Gasteiger partial charge on any atom is 0.225 e. The molecule has 1 rings (SSSR count). The zero-order chi connectivity index (χ0) is 13.5. The van der Waals surface area contributed by atoms with Gasteiger partial charge in [0.1, 0.15) is 5.82 Å². The Morgan fingerprint density at radius 1 is 1.28 bits per heavy atom. The third-order valence-corrected chi connectivity index (χ3v) is 2.36. The highest BCUT2D eigenvalue weighted by molar-refractivity contribution is 5.42. The minimum Gasteiger partial charge on any atom is -0.370 e. The van der Waals surface area contributed by atoms with Gasteiger partial charge in [-0.3, -0.25) is 0 Å². The molecule has 1 aromatic rings. The van der Waals surface area contributed by atoms with Gasteiger partial charge in [-0.25, -0.2) is 4.98 Å². The molecule has 1 aromatic heterocycles. The molecule has 0 aliphatic carbocycles. The predicted molar refractivity (Wildman–Crippen MR) is 77.2 cm³/mol. The van der Waals surface area contributed by atoms with Gasteiger partial charge < -0.3 is 15.5 Å². The summed E-state index contributed by atoms with van der Waals surface area (Å²) in [6.45, 7) is 8.15. The van der Waals surface area contributed by atoms with Gasteiger partial charge in [-0.1, -0.05) is 0 Å². The molecule has 0 atom stereocenters. The lowest BCUT2D eigenvalue weighted by Gasteiger charge is -2.13. The summed E-state index contributed by atoms with van der Waals surface area (Å²) in [7, 11) is 4.17. The van der Waals surface area contributed by atoms with Crippen LogP contribution in [-0.4, -0.2) is 48.1 Å². The summed E-state index contributed by atoms with van der Waals surface area (Å²) in [5.74, 6) is 1.59. The van der Waals surface area contributed by atoms with Crippen LogP contribution in [0.25, 0.3) is 0 Å². The van der Waals surface area contributed by atoms with Crippen LogP contribution in [0.2, 0.25) is 0 Å². The van der Waals surface area contributed by atoms with Crippen molar-refractivity contribution >= 4 is 11.8 Å². The van der Waals surface area contributed by atoms with Gasteiger partial charge in [0.25, 0.3) is 0 Å². The average molecular weight is 251 g/mol. The molecule has 5 heteroatoms. The molecule has 0 aromatic carbocycles. The Kier molecular flexibility index (Phi) is 5.85. The minimum atomic E-state index is 0.341. The van der Waals surface area contributed by atoms with Gasteiger partial charge in [-0.15, -0.1) is 0 Å². The van der Waals surface area contributed by atoms with Gasteiger partial charge in [0.2, 0.25) is 5.95 Å². The Bertz CT molecular complexity index is 362. The third kappa shape index (κ3) is 5.82. The SMILES string of the molecule is Cc1cc(NCCCN(C)C)nc(NC(C)C)n1. The van der Waals surface area contributed by atoms with Gasteiger partial charge in [0, 0.05) is 24.3 Å². The number of aromatic nitrogens is 2. The zero-order valence-corrected chi connectivity index (χ0v) is 12.1. The Morgan fingerprint density at radius 3 is 2.61 bits per heavy atom. The first-order valence-electron chi connectivity index (χ1n) is 6.48. The maximum absolute atomic E-state index is 4.44. The fraction of sp³-hybridized carbons (Fsp3) is 0.692. The largest absolute Gasteiger partial charge is 0.370 e. The predicted octanol–water partition coefficient (Wildman–Crippen LogP) is 1.97. The summed E-state index contributed by atoms with van der Waals surface area (Å²) in [6.07, 6.45) is 1.10. The van der Waals surface area contributed by atoms with Crippen LogP contribution in [0.15, 0.2) is 6.07 Å². The van der Waals surface area contributed by atoms with Crippen LogP contribution in [0, 0.1) is 6.92 Å². The molecule has 1 heterocycles. The molecule has 102 valence electrons. The zero-order valence-electron chi connectivity index (χ0n) is 12.1. The molecule has 0 aliphatic heterocycles. The molecule has 0 saturated heterocycles. The lowest BCUT2D eigenvalue weighted by atomic mass is 10.3. The molecule has 0 bridgehead atoms. The van der Waals surface area contributed by atoms with Gasteiger partial charge in [-0.2, -0.15) is 4.98 Å². The second-order valence-corrected chi connectivity index (χ2v) is 5.10. The molecule has 18 heavy (non-hydrogen) atoms. The van der Waals surface area contributed by atoms with Crippen LogP contribution in [0.5, 0.6) is 0 Å². The number of hydrogen-bond acceptors (Lipinski definition) is 5. The van der Waals surface area contributed by atoms with E-state index in [1.54, 1.807) is 0 Å². The van der Waals surface area contributed by atoms with Gasteiger partial charge in [0.05, 0.1) is 0 Å². The molecule has 0 radical (unpaired) electrons. The Balaban J connectivity index is 2.51. The highest BCUT2D eigenvalue weighted by atomic mass is 15.2. The summed E-state index contributed by atoms with van der Waals surface area (Å²) < 4.78 is 0. The van der Waals surface area contributed by atoms with E-state index in [1.807, 2.05) is 13.0 Å². The van der Waals surface area contributed by atoms with E-state index in [4.69, 9.17) is 0 Å². The lowest BCUT2D eigenvalue weighted by Crippen LogP contribution is -2.17. The van der Waals surface area contributed by atoms with Crippen molar-refractivity contribution in [3.63, 3.8) is 0 Å². The Hall–Kier alpha value is -1.36. The molecule has 0 spiro atoms. The smallest absolute Gasteiger partial charge is 0.225 e.